The summed E-state index contributed by atoms with van der Waals surface area (Å²) in [6, 6.07) is 54.1. The second-order valence-electron chi connectivity index (χ2n) is 12.9. The van der Waals surface area contributed by atoms with E-state index in [0.29, 0.717) is 0 Å². The number of hydrogen-bond donors (Lipinski definition) is 0. The van der Waals surface area contributed by atoms with Gasteiger partial charge in [-0.25, -0.2) is 9.97 Å². The third kappa shape index (κ3) is 4.56. The molecule has 0 fully saturated rings. The first-order valence-corrected chi connectivity index (χ1v) is 18.6. The van der Waals surface area contributed by atoms with E-state index in [4.69, 9.17) is 14.4 Å². The number of para-hydroxylation sites is 2. The monoisotopic (exact) mass is 686 g/mol. The number of rotatable bonds is 4. The second kappa shape index (κ2) is 11.2. The molecule has 11 rings (SSSR count). The van der Waals surface area contributed by atoms with Crippen molar-refractivity contribution in [1.29, 1.82) is 0 Å². The Bertz CT molecular complexity index is 2950. The Morgan fingerprint density at radius 2 is 1.12 bits per heavy atom. The summed E-state index contributed by atoms with van der Waals surface area (Å²) in [6.07, 6.45) is 1.92. The molecular weight excluding hydrogens is 661 g/mol. The second-order valence-corrected chi connectivity index (χ2v) is 15.0. The quantitative estimate of drug-likeness (QED) is 0.185. The summed E-state index contributed by atoms with van der Waals surface area (Å²) in [6.45, 7) is 0. The zero-order valence-electron chi connectivity index (χ0n) is 27.1. The zero-order chi connectivity index (χ0) is 33.5. The lowest BCUT2D eigenvalue weighted by atomic mass is 9.97. The molecule has 7 aromatic carbocycles. The number of hydrogen-bond acceptors (Lipinski definition) is 5. The van der Waals surface area contributed by atoms with Gasteiger partial charge in [0.15, 0.2) is 0 Å². The Kier molecular flexibility index (Phi) is 6.29. The summed E-state index contributed by atoms with van der Waals surface area (Å²) in [4.78, 5) is 11.1. The minimum absolute atomic E-state index is 0.874. The van der Waals surface area contributed by atoms with Crippen LogP contribution in [0.2, 0.25) is 0 Å². The summed E-state index contributed by atoms with van der Waals surface area (Å²) < 4.78 is 10.2. The van der Waals surface area contributed by atoms with E-state index in [1.54, 1.807) is 11.3 Å². The highest BCUT2D eigenvalue weighted by atomic mass is 32.1. The molecular formula is C46H26N2OS2. The molecule has 0 aliphatic heterocycles. The lowest BCUT2D eigenvalue weighted by molar-refractivity contribution is 0.670. The topological polar surface area (TPSA) is 38.9 Å². The Morgan fingerprint density at radius 3 is 2.04 bits per heavy atom. The molecule has 0 amide bonds. The Morgan fingerprint density at radius 1 is 0.451 bits per heavy atom. The Balaban J connectivity index is 0.994. The SMILES string of the molecule is c1cc(-c2ccc3sc4ncc(-c5cccc(-c6cccc7c6sc6ccccc67)c5)nc4c3c2)cc(-c2cccc3c2oc2ccccc23)c1. The zero-order valence-corrected chi connectivity index (χ0v) is 28.8. The summed E-state index contributed by atoms with van der Waals surface area (Å²) in [5.74, 6) is 0. The van der Waals surface area contributed by atoms with Crippen LogP contribution in [0.5, 0.6) is 0 Å². The van der Waals surface area contributed by atoms with Gasteiger partial charge in [-0.3, -0.25) is 0 Å². The molecule has 3 nitrogen and oxygen atoms in total. The summed E-state index contributed by atoms with van der Waals surface area (Å²) in [7, 11) is 0. The molecule has 4 aromatic heterocycles. The summed E-state index contributed by atoms with van der Waals surface area (Å²) >= 11 is 3.55. The van der Waals surface area contributed by atoms with Crippen LogP contribution < -0.4 is 0 Å². The van der Waals surface area contributed by atoms with Crippen molar-refractivity contribution in [2.75, 3.05) is 0 Å². The third-order valence-corrected chi connectivity index (χ3v) is 12.3. The smallest absolute Gasteiger partial charge is 0.143 e. The number of nitrogens with zero attached hydrogens (tertiary/aromatic N) is 2. The highest BCUT2D eigenvalue weighted by molar-refractivity contribution is 7.26. The molecule has 0 saturated carbocycles. The number of furan rings is 1. The van der Waals surface area contributed by atoms with Gasteiger partial charge in [-0.1, -0.05) is 115 Å². The fourth-order valence-corrected chi connectivity index (χ4v) is 9.72. The largest absolute Gasteiger partial charge is 0.455 e. The minimum atomic E-state index is 0.874. The molecule has 0 saturated heterocycles. The van der Waals surface area contributed by atoms with Crippen molar-refractivity contribution in [3.63, 3.8) is 0 Å². The van der Waals surface area contributed by atoms with Crippen LogP contribution in [0.15, 0.2) is 162 Å². The molecule has 51 heavy (non-hydrogen) atoms. The van der Waals surface area contributed by atoms with Crippen molar-refractivity contribution in [3.05, 3.63) is 158 Å². The Hall–Kier alpha value is -6.14. The van der Waals surface area contributed by atoms with Crippen LogP contribution in [-0.4, -0.2) is 9.97 Å². The van der Waals surface area contributed by atoms with Crippen LogP contribution in [0.4, 0.5) is 0 Å². The van der Waals surface area contributed by atoms with Gasteiger partial charge in [-0.15, -0.1) is 22.7 Å². The van der Waals surface area contributed by atoms with Gasteiger partial charge < -0.3 is 4.42 Å². The van der Waals surface area contributed by atoms with E-state index in [2.05, 4.69) is 140 Å². The van der Waals surface area contributed by atoms with Crippen molar-refractivity contribution in [3.8, 4) is 44.6 Å². The van der Waals surface area contributed by atoms with E-state index in [9.17, 15) is 0 Å². The first kappa shape index (κ1) is 28.7. The van der Waals surface area contributed by atoms with Crippen LogP contribution in [0.25, 0.3) is 107 Å². The van der Waals surface area contributed by atoms with E-state index in [1.807, 2.05) is 29.7 Å². The molecule has 0 radical (unpaired) electrons. The van der Waals surface area contributed by atoms with Gasteiger partial charge in [-0.05, 0) is 64.2 Å². The van der Waals surface area contributed by atoms with Gasteiger partial charge in [0, 0.05) is 52.2 Å². The highest BCUT2D eigenvalue weighted by Crippen LogP contribution is 2.42. The molecule has 0 spiro atoms. The van der Waals surface area contributed by atoms with Gasteiger partial charge in [0.1, 0.15) is 21.5 Å². The predicted molar refractivity (Wildman–Crippen MR) is 217 cm³/mol. The number of aromatic nitrogens is 2. The van der Waals surface area contributed by atoms with Crippen molar-refractivity contribution in [2.45, 2.75) is 0 Å². The van der Waals surface area contributed by atoms with Gasteiger partial charge in [0.05, 0.1) is 11.9 Å². The van der Waals surface area contributed by atoms with E-state index in [1.165, 1.54) is 36.0 Å². The maximum Gasteiger partial charge on any atom is 0.143 e. The first-order valence-electron chi connectivity index (χ1n) is 17.0. The lowest BCUT2D eigenvalue weighted by Gasteiger charge is -2.08. The molecule has 0 N–H and O–H groups in total. The van der Waals surface area contributed by atoms with Gasteiger partial charge in [0.2, 0.25) is 0 Å². The molecule has 0 bridgehead atoms. The fourth-order valence-electron chi connectivity index (χ4n) is 7.52. The van der Waals surface area contributed by atoms with E-state index < -0.39 is 0 Å². The third-order valence-electron chi connectivity index (χ3n) is 9.97. The van der Waals surface area contributed by atoms with Gasteiger partial charge in [0.25, 0.3) is 0 Å². The molecule has 11 aromatic rings. The summed E-state index contributed by atoms with van der Waals surface area (Å²) in [5, 5.41) is 6.01. The normalized spacial score (nSPS) is 11.9. The Labute approximate surface area is 300 Å². The maximum atomic E-state index is 6.38. The average molecular weight is 687 g/mol. The van der Waals surface area contributed by atoms with Crippen molar-refractivity contribution in [2.24, 2.45) is 0 Å². The average Bonchev–Trinajstić information content (AvgIpc) is 3.89. The van der Waals surface area contributed by atoms with Gasteiger partial charge in [-0.2, -0.15) is 0 Å². The molecule has 5 heteroatoms. The van der Waals surface area contributed by atoms with Gasteiger partial charge >= 0.3 is 0 Å². The maximum absolute atomic E-state index is 6.38. The molecule has 4 heterocycles. The minimum Gasteiger partial charge on any atom is -0.455 e. The molecule has 238 valence electrons. The van der Waals surface area contributed by atoms with E-state index in [-0.39, 0.29) is 0 Å². The number of fused-ring (bicyclic) bond motifs is 9. The van der Waals surface area contributed by atoms with Crippen molar-refractivity contribution < 1.29 is 4.42 Å². The standard InChI is InChI=1S/C46H26N2OS2/c1-3-19-40-34(13-1)36-17-7-15-32(44(36)49-40)29-10-5-9-27(23-29)28-21-22-42-38(25-28)43-46(51-42)47-26-39(48-43)31-12-6-11-30(24-31)33-16-8-18-37-35-14-2-4-20-41(35)50-45(33)37/h1-26H. The van der Waals surface area contributed by atoms with Crippen molar-refractivity contribution in [1.82, 2.24) is 9.97 Å². The molecule has 0 atom stereocenters. The lowest BCUT2D eigenvalue weighted by Crippen LogP contribution is -1.88. The molecule has 0 unspecified atom stereocenters. The van der Waals surface area contributed by atoms with Crippen LogP contribution in [0.3, 0.4) is 0 Å². The van der Waals surface area contributed by atoms with Crippen LogP contribution in [0, 0.1) is 0 Å². The van der Waals surface area contributed by atoms with Crippen molar-refractivity contribution >= 4 is 85.2 Å². The first-order chi connectivity index (χ1) is 25.2. The van der Waals surface area contributed by atoms with Crippen LogP contribution in [0.1, 0.15) is 0 Å². The predicted octanol–water partition coefficient (Wildman–Crippen LogP) is 13.8. The van der Waals surface area contributed by atoms with E-state index in [0.717, 1.165) is 71.2 Å². The number of thiophene rings is 2. The number of benzene rings is 7. The molecule has 0 aliphatic carbocycles. The fraction of sp³-hybridized carbons (Fsp3) is 0. The highest BCUT2D eigenvalue weighted by Gasteiger charge is 2.16. The summed E-state index contributed by atoms with van der Waals surface area (Å²) in [5.41, 5.74) is 11.6. The van der Waals surface area contributed by atoms with Crippen LogP contribution in [-0.2, 0) is 0 Å². The van der Waals surface area contributed by atoms with E-state index >= 15 is 0 Å². The molecule has 0 aliphatic rings. The van der Waals surface area contributed by atoms with Crippen LogP contribution >= 0.6 is 22.7 Å².